The summed E-state index contributed by atoms with van der Waals surface area (Å²) >= 11 is 4.92. The van der Waals surface area contributed by atoms with Gasteiger partial charge < -0.3 is 13.6 Å². The fraction of sp³-hybridized carbons (Fsp3) is 0.361. The monoisotopic (exact) mass is 615 g/mol. The van der Waals surface area contributed by atoms with Crippen molar-refractivity contribution in [2.45, 2.75) is 56.9 Å². The average molecular weight is 616 g/mol. The van der Waals surface area contributed by atoms with E-state index < -0.39 is 8.77 Å². The second-order valence-corrected chi connectivity index (χ2v) is 15.9. The van der Waals surface area contributed by atoms with Gasteiger partial charge in [-0.2, -0.15) is 4.58 Å². The minimum Gasteiger partial charge on any atom is -0.340 e. The second kappa shape index (κ2) is 12.1. The van der Waals surface area contributed by atoms with Crippen LogP contribution >= 0.6 is 0 Å². The molecule has 0 amide bonds. The third-order valence-corrected chi connectivity index (χ3v) is 10.0. The number of rotatable bonds is 11. The van der Waals surface area contributed by atoms with Gasteiger partial charge in [0.1, 0.15) is 0 Å². The zero-order valence-electron chi connectivity index (χ0n) is 26.3. The highest BCUT2D eigenvalue weighted by Gasteiger charge is 2.44. The lowest BCUT2D eigenvalue weighted by atomic mass is 9.81. The van der Waals surface area contributed by atoms with Gasteiger partial charge >= 0.3 is 0 Å². The molecule has 4 aromatic rings. The van der Waals surface area contributed by atoms with Gasteiger partial charge in [0.15, 0.2) is 21.0 Å². The van der Waals surface area contributed by atoms with Crippen molar-refractivity contribution >= 4 is 59.1 Å². The first-order valence-corrected chi connectivity index (χ1v) is 17.7. The Bertz CT molecular complexity index is 1910. The van der Waals surface area contributed by atoms with Crippen molar-refractivity contribution in [3.8, 4) is 0 Å². The van der Waals surface area contributed by atoms with Gasteiger partial charge in [-0.1, -0.05) is 61.9 Å². The van der Waals surface area contributed by atoms with Crippen LogP contribution in [0.5, 0.6) is 0 Å². The molecule has 0 radical (unpaired) electrons. The number of unbranched alkanes of at least 4 members (excludes halogenated alkanes) is 1. The van der Waals surface area contributed by atoms with Crippen molar-refractivity contribution in [3.05, 3.63) is 89.8 Å². The topological polar surface area (TPSA) is 45.2 Å². The Morgan fingerprint density at radius 3 is 2.47 bits per heavy atom. The summed E-state index contributed by atoms with van der Waals surface area (Å²) in [5, 5.41) is 5.16. The van der Waals surface area contributed by atoms with Crippen LogP contribution in [0.3, 0.4) is 0 Å². The normalized spacial score (nSPS) is 17.2. The highest BCUT2D eigenvalue weighted by atomic mass is 32.8. The Morgan fingerprint density at radius 2 is 1.77 bits per heavy atom. The van der Waals surface area contributed by atoms with Crippen molar-refractivity contribution in [2.75, 3.05) is 34.2 Å². The van der Waals surface area contributed by atoms with E-state index in [1.807, 2.05) is 12.1 Å². The van der Waals surface area contributed by atoms with Crippen LogP contribution in [0.1, 0.15) is 45.6 Å². The number of nitrogens with zero attached hydrogens (tertiary/aromatic N) is 3. The predicted molar refractivity (Wildman–Crippen MR) is 185 cm³/mol. The molecule has 0 spiro atoms. The summed E-state index contributed by atoms with van der Waals surface area (Å²) in [6, 6.07) is 18.7. The molecular formula is C36H45N3O2S2+2. The lowest BCUT2D eigenvalue weighted by molar-refractivity contribution is -0.871. The average Bonchev–Trinajstić information content (AvgIpc) is 3.35. The number of hydrogen-bond donors (Lipinski definition) is 1. The van der Waals surface area contributed by atoms with Crippen LogP contribution in [-0.4, -0.2) is 62.3 Å². The molecule has 1 aromatic heterocycles. The maximum Gasteiger partial charge on any atom is 0.209 e. The maximum absolute atomic E-state index is 12.3. The fourth-order valence-electron chi connectivity index (χ4n) is 6.39. The summed E-state index contributed by atoms with van der Waals surface area (Å²) in [5.74, 6) is 0. The molecule has 0 saturated carbocycles. The van der Waals surface area contributed by atoms with Gasteiger partial charge in [0, 0.05) is 57.1 Å². The van der Waals surface area contributed by atoms with Crippen molar-refractivity contribution < 1.29 is 17.8 Å². The number of quaternary nitrogens is 1. The highest BCUT2D eigenvalue weighted by Crippen LogP contribution is 2.41. The van der Waals surface area contributed by atoms with Gasteiger partial charge in [0.25, 0.3) is 0 Å². The molecule has 1 aliphatic rings. The molecule has 1 N–H and O–H groups in total. The maximum atomic E-state index is 12.3. The molecule has 0 aliphatic carbocycles. The summed E-state index contributed by atoms with van der Waals surface area (Å²) < 4.78 is 28.2. The number of fused-ring (bicyclic) bond motifs is 1. The number of aryl methyl sites for hydroxylation is 1. The molecule has 1 unspecified atom stereocenters. The van der Waals surface area contributed by atoms with E-state index in [-0.39, 0.29) is 5.41 Å². The predicted octanol–water partition coefficient (Wildman–Crippen LogP) is 6.96. The molecule has 0 saturated heterocycles. The van der Waals surface area contributed by atoms with Crippen LogP contribution in [-0.2, 0) is 31.9 Å². The third kappa shape index (κ3) is 6.41. The molecule has 0 fully saturated rings. The first-order valence-electron chi connectivity index (χ1n) is 15.2. The first-order chi connectivity index (χ1) is 20.3. The molecule has 5 rings (SSSR count). The Labute approximate surface area is 261 Å². The Balaban J connectivity index is 1.52. The number of hydrogen-bond acceptors (Lipinski definition) is 2. The smallest absolute Gasteiger partial charge is 0.209 e. The van der Waals surface area contributed by atoms with Gasteiger partial charge in [-0.25, -0.2) is 4.21 Å². The Hall–Kier alpha value is -3.10. The lowest BCUT2D eigenvalue weighted by Crippen LogP contribution is -2.36. The minimum atomic E-state index is -3.46. The van der Waals surface area contributed by atoms with E-state index in [1.54, 1.807) is 6.07 Å². The van der Waals surface area contributed by atoms with Crippen LogP contribution < -0.4 is 5.35 Å². The van der Waals surface area contributed by atoms with E-state index in [0.717, 1.165) is 54.6 Å². The number of allylic oxidation sites excluding steroid dienone is 4. The molecule has 1 atom stereocenters. The molecule has 3 aromatic carbocycles. The van der Waals surface area contributed by atoms with E-state index >= 15 is 0 Å². The van der Waals surface area contributed by atoms with Crippen LogP contribution in [0.2, 0.25) is 0 Å². The summed E-state index contributed by atoms with van der Waals surface area (Å²) in [6.45, 7) is 9.53. The standard InChI is InChI=1S/C36H44N3O2S2/c1-7-8-23-37-31(29-17-12-15-27-16-13-19-33(37)35(27)29)18-10-9-11-20-34-36(2,3)30-26-28(43(40,41)42)21-22-32(30)38(34)24-14-25-39(4,5)6/h9-13,15-22,26H,7-8,14,23-25H2,1-6H3/q+1/p+1. The van der Waals surface area contributed by atoms with Gasteiger partial charge in [-0.05, 0) is 49.9 Å². The van der Waals surface area contributed by atoms with E-state index in [2.05, 4.69) is 118 Å². The highest BCUT2D eigenvalue weighted by molar-refractivity contribution is 8.29. The third-order valence-electron chi connectivity index (χ3n) is 8.58. The van der Waals surface area contributed by atoms with E-state index in [1.165, 1.54) is 32.7 Å². The zero-order chi connectivity index (χ0) is 31.0. The van der Waals surface area contributed by atoms with Crippen LogP contribution in [0.15, 0.2) is 83.8 Å². The van der Waals surface area contributed by atoms with Gasteiger partial charge in [0.05, 0.1) is 44.4 Å². The van der Waals surface area contributed by atoms with Crippen LogP contribution in [0.25, 0.3) is 27.8 Å². The Morgan fingerprint density at radius 1 is 1.02 bits per heavy atom. The van der Waals surface area contributed by atoms with Gasteiger partial charge in [0.2, 0.25) is 5.69 Å². The molecule has 7 heteroatoms. The zero-order valence-corrected chi connectivity index (χ0v) is 28.0. The van der Waals surface area contributed by atoms with Crippen molar-refractivity contribution in [1.82, 2.24) is 4.57 Å². The van der Waals surface area contributed by atoms with Crippen molar-refractivity contribution in [3.63, 3.8) is 0 Å². The SMILES string of the molecule is CCCCn1/c(=C/C=C/C=C/C2=[N+](CCC[N+](C)(C)C)c3ccc(S(=O)(O)=S)cc3C2(C)C)c2cccc3cccc1c32. The quantitative estimate of drug-likeness (QED) is 0.113. The second-order valence-electron chi connectivity index (χ2n) is 13.2. The number of benzene rings is 3. The van der Waals surface area contributed by atoms with E-state index in [0.29, 0.717) is 4.90 Å². The van der Waals surface area contributed by atoms with Crippen LogP contribution in [0.4, 0.5) is 5.69 Å². The fourth-order valence-corrected chi connectivity index (χ4v) is 7.21. The molecule has 1 aliphatic heterocycles. The van der Waals surface area contributed by atoms with Crippen LogP contribution in [0, 0.1) is 0 Å². The summed E-state index contributed by atoms with van der Waals surface area (Å²) in [5.41, 5.74) is 4.26. The summed E-state index contributed by atoms with van der Waals surface area (Å²) in [4.78, 5) is 0.303. The molecule has 2 heterocycles. The van der Waals surface area contributed by atoms with Crippen molar-refractivity contribution in [1.29, 1.82) is 0 Å². The van der Waals surface area contributed by atoms with Crippen molar-refractivity contribution in [2.24, 2.45) is 0 Å². The lowest BCUT2D eigenvalue weighted by Gasteiger charge is -2.23. The molecule has 0 bridgehead atoms. The van der Waals surface area contributed by atoms with E-state index in [9.17, 15) is 8.76 Å². The number of aromatic nitrogens is 1. The van der Waals surface area contributed by atoms with Gasteiger partial charge in [-0.3, -0.25) is 0 Å². The summed E-state index contributed by atoms with van der Waals surface area (Å²) in [7, 11) is 3.18. The van der Waals surface area contributed by atoms with Gasteiger partial charge in [-0.15, -0.1) is 0 Å². The molecule has 226 valence electrons. The minimum absolute atomic E-state index is 0.303. The first kappa shape index (κ1) is 31.3. The molecule has 5 nitrogen and oxygen atoms in total. The molecular weight excluding hydrogens is 571 g/mol. The van der Waals surface area contributed by atoms with E-state index in [4.69, 9.17) is 11.2 Å². The Kier molecular flexibility index (Phi) is 8.83. The molecule has 43 heavy (non-hydrogen) atoms. The summed E-state index contributed by atoms with van der Waals surface area (Å²) in [6.07, 6.45) is 14.1. The largest absolute Gasteiger partial charge is 0.340 e.